The summed E-state index contributed by atoms with van der Waals surface area (Å²) in [5, 5.41) is 11.9. The highest BCUT2D eigenvalue weighted by Gasteiger charge is 2.12. The largest absolute Gasteiger partial charge is 0.481 e. The molecule has 0 saturated carbocycles. The van der Waals surface area contributed by atoms with Crippen LogP contribution in [0.4, 0.5) is 0 Å². The summed E-state index contributed by atoms with van der Waals surface area (Å²) in [6.45, 7) is 0. The molecule has 1 aromatic heterocycles. The number of carbonyl (C=O) groups is 1. The third kappa shape index (κ3) is 5.12. The van der Waals surface area contributed by atoms with Gasteiger partial charge in [-0.3, -0.25) is 4.79 Å². The number of carboxylic acid groups (broad SMARTS) is 1. The van der Waals surface area contributed by atoms with Crippen molar-refractivity contribution >= 4 is 27.6 Å². The minimum Gasteiger partial charge on any atom is -0.481 e. The molecule has 0 aromatic carbocycles. The second kappa shape index (κ2) is 5.30. The number of hydrogen-bond donors (Lipinski definition) is 1. The molecule has 1 N–H and O–H groups in total. The molecule has 9 heteroatoms. The molecule has 0 amide bonds. The van der Waals surface area contributed by atoms with E-state index in [-0.39, 0.29) is 29.0 Å². The molecular weight excluding hydrogens is 256 g/mol. The Balaban J connectivity index is 2.49. The summed E-state index contributed by atoms with van der Waals surface area (Å²) >= 11 is 1.10. The zero-order valence-corrected chi connectivity index (χ0v) is 10.0. The molecule has 0 spiro atoms. The minimum atomic E-state index is -3.18. The second-order valence-corrected chi connectivity index (χ2v) is 6.19. The van der Waals surface area contributed by atoms with Crippen LogP contribution in [0.5, 0.6) is 0 Å². The van der Waals surface area contributed by atoms with Gasteiger partial charge in [-0.15, -0.1) is 11.8 Å². The first-order chi connectivity index (χ1) is 7.37. The number of thioether (sulfide) groups is 1. The summed E-state index contributed by atoms with van der Waals surface area (Å²) in [5.41, 5.74) is 0. The predicted molar refractivity (Wildman–Crippen MR) is 56.6 cm³/mol. The van der Waals surface area contributed by atoms with E-state index in [0.717, 1.165) is 18.0 Å². The molecule has 16 heavy (non-hydrogen) atoms. The Morgan fingerprint density at radius 2 is 2.25 bits per heavy atom. The molecule has 1 aromatic rings. The third-order valence-corrected chi connectivity index (χ3v) is 3.04. The van der Waals surface area contributed by atoms with Crippen molar-refractivity contribution in [3.63, 3.8) is 0 Å². The van der Waals surface area contributed by atoms with E-state index in [0.29, 0.717) is 0 Å². The highest BCUT2D eigenvalue weighted by Crippen LogP contribution is 2.10. The molecular formula is C7H10N2O5S2. The van der Waals surface area contributed by atoms with Crippen LogP contribution < -0.4 is 0 Å². The van der Waals surface area contributed by atoms with Crippen LogP contribution in [0.2, 0.25) is 0 Å². The van der Waals surface area contributed by atoms with Crippen molar-refractivity contribution in [3.8, 4) is 0 Å². The number of sulfone groups is 1. The van der Waals surface area contributed by atoms with E-state index in [1.54, 1.807) is 0 Å². The van der Waals surface area contributed by atoms with E-state index >= 15 is 0 Å². The third-order valence-electron chi connectivity index (χ3n) is 1.35. The molecule has 7 nitrogen and oxygen atoms in total. The highest BCUT2D eigenvalue weighted by atomic mass is 32.2. The van der Waals surface area contributed by atoms with Crippen LogP contribution in [0, 0.1) is 0 Å². The van der Waals surface area contributed by atoms with E-state index in [9.17, 15) is 13.2 Å². The molecule has 0 unspecified atom stereocenters. The van der Waals surface area contributed by atoms with Gasteiger partial charge >= 0.3 is 5.97 Å². The van der Waals surface area contributed by atoms with Crippen LogP contribution in [0.3, 0.4) is 0 Å². The summed E-state index contributed by atoms with van der Waals surface area (Å²) in [5.74, 6) is -0.702. The van der Waals surface area contributed by atoms with Gasteiger partial charge in [-0.2, -0.15) is 4.98 Å². The van der Waals surface area contributed by atoms with Crippen molar-refractivity contribution < 1.29 is 22.8 Å². The first-order valence-electron chi connectivity index (χ1n) is 4.15. The normalized spacial score (nSPS) is 11.6. The number of aromatic nitrogens is 2. The summed E-state index contributed by atoms with van der Waals surface area (Å²) in [4.78, 5) is 14.0. The lowest BCUT2D eigenvalue weighted by Crippen LogP contribution is -2.02. The van der Waals surface area contributed by atoms with Gasteiger partial charge in [-0.1, -0.05) is 5.16 Å². The van der Waals surface area contributed by atoms with E-state index in [1.165, 1.54) is 0 Å². The topological polar surface area (TPSA) is 110 Å². The maximum Gasteiger partial charge on any atom is 0.313 e. The fourth-order valence-corrected chi connectivity index (χ4v) is 2.02. The Kier molecular flexibility index (Phi) is 4.30. The maximum atomic E-state index is 10.9. The quantitative estimate of drug-likeness (QED) is 0.762. The van der Waals surface area contributed by atoms with Crippen LogP contribution in [0.15, 0.2) is 4.52 Å². The van der Waals surface area contributed by atoms with Crippen LogP contribution in [-0.2, 0) is 26.1 Å². The van der Waals surface area contributed by atoms with Crippen molar-refractivity contribution in [2.75, 3.05) is 12.0 Å². The van der Waals surface area contributed by atoms with E-state index < -0.39 is 15.8 Å². The molecule has 1 rings (SSSR count). The molecule has 1 heterocycles. The zero-order valence-electron chi connectivity index (χ0n) is 8.41. The molecule has 90 valence electrons. The Bertz CT molecular complexity index is 467. The molecule has 0 atom stereocenters. The van der Waals surface area contributed by atoms with Gasteiger partial charge in [0.1, 0.15) is 5.75 Å². The predicted octanol–water partition coefficient (Wildman–Crippen LogP) is -0.0680. The molecule has 0 fully saturated rings. The van der Waals surface area contributed by atoms with Crippen LogP contribution in [0.25, 0.3) is 0 Å². The van der Waals surface area contributed by atoms with E-state index in [4.69, 9.17) is 9.63 Å². The van der Waals surface area contributed by atoms with Gasteiger partial charge in [-0.25, -0.2) is 8.42 Å². The van der Waals surface area contributed by atoms with Crippen LogP contribution in [-0.4, -0.2) is 41.6 Å². The van der Waals surface area contributed by atoms with Crippen molar-refractivity contribution in [2.24, 2.45) is 0 Å². The summed E-state index contributed by atoms with van der Waals surface area (Å²) < 4.78 is 26.6. The van der Waals surface area contributed by atoms with Gasteiger partial charge in [0.15, 0.2) is 15.7 Å². The summed E-state index contributed by atoms with van der Waals surface area (Å²) in [6, 6.07) is 0. The number of rotatable bonds is 6. The van der Waals surface area contributed by atoms with Gasteiger partial charge in [0.2, 0.25) is 5.89 Å². The molecule has 0 radical (unpaired) electrons. The lowest BCUT2D eigenvalue weighted by atomic mass is 10.7. The molecule has 0 bridgehead atoms. The van der Waals surface area contributed by atoms with Crippen LogP contribution >= 0.6 is 11.8 Å². The number of hydrogen-bond acceptors (Lipinski definition) is 7. The summed E-state index contributed by atoms with van der Waals surface area (Å²) in [6.07, 6.45) is 1.07. The van der Waals surface area contributed by atoms with E-state index in [2.05, 4.69) is 10.1 Å². The van der Waals surface area contributed by atoms with Crippen molar-refractivity contribution in [1.82, 2.24) is 10.1 Å². The molecule has 0 saturated heterocycles. The maximum absolute atomic E-state index is 10.9. The molecule has 0 aliphatic carbocycles. The Labute approximate surface area is 96.1 Å². The van der Waals surface area contributed by atoms with Gasteiger partial charge in [0, 0.05) is 6.26 Å². The monoisotopic (exact) mass is 266 g/mol. The zero-order chi connectivity index (χ0) is 12.2. The van der Waals surface area contributed by atoms with Gasteiger partial charge in [-0.05, 0) is 0 Å². The number of carboxylic acids is 1. The van der Waals surface area contributed by atoms with Crippen molar-refractivity contribution in [2.45, 2.75) is 11.5 Å². The average molecular weight is 266 g/mol. The smallest absolute Gasteiger partial charge is 0.313 e. The second-order valence-electron chi connectivity index (χ2n) is 3.06. The Hall–Kier alpha value is -1.09. The molecule has 0 aliphatic heterocycles. The minimum absolute atomic E-state index is 0.0657. The van der Waals surface area contributed by atoms with Gasteiger partial charge in [0.05, 0.1) is 11.5 Å². The number of nitrogens with zero attached hydrogens (tertiary/aromatic N) is 2. The number of aliphatic carboxylic acids is 1. The van der Waals surface area contributed by atoms with Crippen molar-refractivity contribution in [1.29, 1.82) is 0 Å². The average Bonchev–Trinajstić information content (AvgIpc) is 2.48. The van der Waals surface area contributed by atoms with E-state index in [1.807, 2.05) is 0 Å². The fourth-order valence-electron chi connectivity index (χ4n) is 0.868. The first kappa shape index (κ1) is 13.0. The fraction of sp³-hybridized carbons (Fsp3) is 0.571. The van der Waals surface area contributed by atoms with Gasteiger partial charge < -0.3 is 9.63 Å². The lowest BCUT2D eigenvalue weighted by Gasteiger charge is -1.91. The van der Waals surface area contributed by atoms with Crippen LogP contribution in [0.1, 0.15) is 11.7 Å². The Morgan fingerprint density at radius 1 is 1.56 bits per heavy atom. The molecule has 0 aliphatic rings. The first-order valence-corrected chi connectivity index (χ1v) is 7.37. The summed E-state index contributed by atoms with van der Waals surface area (Å²) in [7, 11) is -3.18. The standard InChI is InChI=1S/C7H10N2O5S2/c1-16(12,13)4-5-8-6(14-9-5)2-15-3-7(10)11/h2-4H2,1H3,(H,10,11). The van der Waals surface area contributed by atoms with Crippen molar-refractivity contribution in [3.05, 3.63) is 11.7 Å². The Morgan fingerprint density at radius 3 is 2.81 bits per heavy atom. The SMILES string of the molecule is CS(=O)(=O)Cc1noc(CSCC(=O)O)n1. The lowest BCUT2D eigenvalue weighted by molar-refractivity contribution is -0.133. The highest BCUT2D eigenvalue weighted by molar-refractivity contribution is 7.99. The van der Waals surface area contributed by atoms with Gasteiger partial charge in [0.25, 0.3) is 0 Å².